The van der Waals surface area contributed by atoms with Crippen LogP contribution < -0.4 is 0 Å². The van der Waals surface area contributed by atoms with Gasteiger partial charge >= 0.3 is 0 Å². The van der Waals surface area contributed by atoms with Gasteiger partial charge < -0.3 is 9.13 Å². The Morgan fingerprint density at radius 1 is 0.292 bits per heavy atom. The Labute approximate surface area is 424 Å². The highest BCUT2D eigenvalue weighted by Crippen LogP contribution is 2.49. The molecule has 7 aromatic carbocycles. The monoisotopic (exact) mass is 941 g/mol. The fourth-order valence-corrected chi connectivity index (χ4v) is 12.0. The number of aromatic nitrogens is 6. The highest BCUT2D eigenvalue weighted by Gasteiger charge is 2.29. The van der Waals surface area contributed by atoms with Gasteiger partial charge in [-0.1, -0.05) is 60.7 Å². The fourth-order valence-electron chi connectivity index (χ4n) is 12.0. The molecule has 0 aliphatic rings. The SMILES string of the molecule is Cc1c(C)c(C)c2c(c1C)c1c(C)c(C)c(C)c(C)c1n2-c1ccc(-c2nc(-c3ccccc3)nc(-c3ccccc3)n2)cc1-c1ccncc1-n1c2c(C)c(C)c(C)c(C)c2c2c(C)c(C)c(C)c(C)c21. The molecule has 4 heterocycles. The molecule has 0 spiro atoms. The predicted octanol–water partition coefficient (Wildman–Crippen LogP) is 17.1. The average Bonchev–Trinajstić information content (AvgIpc) is 3.96. The molecule has 0 saturated heterocycles. The maximum Gasteiger partial charge on any atom is 0.164 e. The molecule has 358 valence electrons. The van der Waals surface area contributed by atoms with Gasteiger partial charge in [0.05, 0.1) is 39.6 Å². The summed E-state index contributed by atoms with van der Waals surface area (Å²) in [5.41, 5.74) is 33.1. The van der Waals surface area contributed by atoms with E-state index in [4.69, 9.17) is 19.9 Å². The van der Waals surface area contributed by atoms with E-state index >= 15 is 0 Å². The molecule has 0 amide bonds. The molecule has 0 N–H and O–H groups in total. The van der Waals surface area contributed by atoms with Crippen molar-refractivity contribution in [2.24, 2.45) is 0 Å². The van der Waals surface area contributed by atoms with E-state index in [9.17, 15) is 0 Å². The average molecular weight is 941 g/mol. The summed E-state index contributed by atoms with van der Waals surface area (Å²) in [4.78, 5) is 20.7. The first kappa shape index (κ1) is 46.7. The minimum absolute atomic E-state index is 0.609. The van der Waals surface area contributed by atoms with Gasteiger partial charge in [-0.05, 0) is 224 Å². The summed E-state index contributed by atoms with van der Waals surface area (Å²) in [7, 11) is 0. The van der Waals surface area contributed by atoms with Crippen molar-refractivity contribution in [2.45, 2.75) is 111 Å². The molecule has 0 unspecified atom stereocenters. The van der Waals surface area contributed by atoms with Crippen LogP contribution in [0, 0.1) is 111 Å². The van der Waals surface area contributed by atoms with E-state index in [2.05, 4.69) is 175 Å². The van der Waals surface area contributed by atoms with Crippen LogP contribution in [0.15, 0.2) is 97.3 Å². The van der Waals surface area contributed by atoms with Crippen molar-refractivity contribution in [1.82, 2.24) is 29.1 Å². The fraction of sp³-hybridized carbons (Fsp3) is 0.242. The molecule has 6 nitrogen and oxygen atoms in total. The molecule has 0 saturated carbocycles. The molecule has 6 heteroatoms. The van der Waals surface area contributed by atoms with E-state index in [1.807, 2.05) is 42.6 Å². The number of aryl methyl sites for hydroxylation is 8. The molecule has 0 bridgehead atoms. The van der Waals surface area contributed by atoms with Gasteiger partial charge in [0.25, 0.3) is 0 Å². The molecule has 72 heavy (non-hydrogen) atoms. The van der Waals surface area contributed by atoms with Crippen LogP contribution in [-0.4, -0.2) is 29.1 Å². The highest BCUT2D eigenvalue weighted by atomic mass is 15.0. The van der Waals surface area contributed by atoms with Gasteiger partial charge in [-0.25, -0.2) is 15.0 Å². The smallest absolute Gasteiger partial charge is 0.164 e. The van der Waals surface area contributed by atoms with Crippen LogP contribution >= 0.6 is 0 Å². The van der Waals surface area contributed by atoms with Gasteiger partial charge in [0.2, 0.25) is 0 Å². The van der Waals surface area contributed by atoms with E-state index in [0.29, 0.717) is 17.5 Å². The van der Waals surface area contributed by atoms with Gasteiger partial charge in [-0.15, -0.1) is 0 Å². The third-order valence-electron chi connectivity index (χ3n) is 17.5. The van der Waals surface area contributed by atoms with E-state index in [0.717, 1.165) is 39.2 Å². The summed E-state index contributed by atoms with van der Waals surface area (Å²) >= 11 is 0. The van der Waals surface area contributed by atoms with Crippen molar-refractivity contribution < 1.29 is 0 Å². The van der Waals surface area contributed by atoms with Gasteiger partial charge in [-0.3, -0.25) is 4.98 Å². The van der Waals surface area contributed by atoms with Gasteiger partial charge in [0, 0.05) is 55.6 Å². The molecule has 0 fully saturated rings. The van der Waals surface area contributed by atoms with E-state index in [1.165, 1.54) is 133 Å². The summed E-state index contributed by atoms with van der Waals surface area (Å²) in [5, 5.41) is 5.30. The predicted molar refractivity (Wildman–Crippen MR) is 304 cm³/mol. The van der Waals surface area contributed by atoms with Crippen molar-refractivity contribution in [2.75, 3.05) is 0 Å². The largest absolute Gasteiger partial charge is 0.308 e. The zero-order chi connectivity index (χ0) is 50.9. The second kappa shape index (κ2) is 17.0. The van der Waals surface area contributed by atoms with Crippen molar-refractivity contribution in [1.29, 1.82) is 0 Å². The lowest BCUT2D eigenvalue weighted by atomic mass is 9.90. The third kappa shape index (κ3) is 6.60. The topological polar surface area (TPSA) is 61.4 Å². The Morgan fingerprint density at radius 2 is 0.625 bits per heavy atom. The van der Waals surface area contributed by atoms with Crippen molar-refractivity contribution in [3.05, 3.63) is 186 Å². The number of hydrogen-bond donors (Lipinski definition) is 0. The van der Waals surface area contributed by atoms with Gasteiger partial charge in [0.15, 0.2) is 17.5 Å². The summed E-state index contributed by atoms with van der Waals surface area (Å²) in [6.45, 7) is 36.8. The van der Waals surface area contributed by atoms with E-state index in [1.54, 1.807) is 0 Å². The van der Waals surface area contributed by atoms with Crippen molar-refractivity contribution in [3.63, 3.8) is 0 Å². The van der Waals surface area contributed by atoms with E-state index < -0.39 is 0 Å². The Hall–Kier alpha value is -7.70. The third-order valence-corrected chi connectivity index (χ3v) is 17.5. The first-order valence-electron chi connectivity index (χ1n) is 25.4. The molecular formula is C66H64N6. The lowest BCUT2D eigenvalue weighted by Crippen LogP contribution is -2.07. The molecule has 0 aliphatic heterocycles. The maximum absolute atomic E-state index is 5.31. The molecular weight excluding hydrogens is 877 g/mol. The minimum atomic E-state index is 0.609. The number of pyridine rings is 1. The molecule has 11 aromatic rings. The first-order valence-corrected chi connectivity index (χ1v) is 25.4. The van der Waals surface area contributed by atoms with Crippen LogP contribution in [0.1, 0.15) is 89.0 Å². The minimum Gasteiger partial charge on any atom is -0.308 e. The number of hydrogen-bond acceptors (Lipinski definition) is 4. The van der Waals surface area contributed by atoms with E-state index in [-0.39, 0.29) is 0 Å². The summed E-state index contributed by atoms with van der Waals surface area (Å²) in [6.07, 6.45) is 4.06. The van der Waals surface area contributed by atoms with Crippen LogP contribution in [0.25, 0.3) is 100 Å². The van der Waals surface area contributed by atoms with Crippen LogP contribution in [0.2, 0.25) is 0 Å². The van der Waals surface area contributed by atoms with Gasteiger partial charge in [-0.2, -0.15) is 0 Å². The van der Waals surface area contributed by atoms with Crippen LogP contribution in [0.4, 0.5) is 0 Å². The number of fused-ring (bicyclic) bond motifs is 6. The van der Waals surface area contributed by atoms with Crippen LogP contribution in [0.3, 0.4) is 0 Å². The molecule has 0 atom stereocenters. The first-order chi connectivity index (χ1) is 34.4. The molecule has 4 aromatic heterocycles. The summed E-state index contributed by atoms with van der Waals surface area (Å²) < 4.78 is 5.17. The quantitative estimate of drug-likeness (QED) is 0.167. The molecule has 11 rings (SSSR count). The summed E-state index contributed by atoms with van der Waals surface area (Å²) in [6, 6.07) is 29.6. The lowest BCUT2D eigenvalue weighted by molar-refractivity contribution is 1.07. The number of benzene rings is 7. The van der Waals surface area contributed by atoms with Gasteiger partial charge in [0.1, 0.15) is 0 Å². The zero-order valence-corrected chi connectivity index (χ0v) is 44.9. The summed E-state index contributed by atoms with van der Waals surface area (Å²) in [5.74, 6) is 1.87. The zero-order valence-electron chi connectivity index (χ0n) is 44.9. The Bertz CT molecular complexity index is 3920. The van der Waals surface area contributed by atoms with Crippen LogP contribution in [0.5, 0.6) is 0 Å². The lowest BCUT2D eigenvalue weighted by Gasteiger charge is -2.22. The Balaban J connectivity index is 1.34. The standard InChI is InChI=1S/C66H64N6/c1-33-37(5)45(13)60-56(41(33)9)57-42(10)34(2)38(6)46(14)61(57)71(60)54-28-27-51(66-69-64(49-23-19-17-20-24-49)68-65(70-66)50-25-21-18-22-26-50)31-53(54)52-29-30-67-32-55(52)72-62-47(15)39(7)35(3)43(11)58(62)59-44(12)36(4)40(8)48(16)63(59)72/h17-32H,1-16H3. The molecule has 0 radical (unpaired) electrons. The highest BCUT2D eigenvalue weighted by molar-refractivity contribution is 6.17. The second-order valence-electron chi connectivity index (χ2n) is 20.7. The molecule has 0 aliphatic carbocycles. The van der Waals surface area contributed by atoms with Crippen molar-refractivity contribution in [3.8, 4) is 56.7 Å². The number of rotatable bonds is 6. The number of nitrogens with zero attached hydrogens (tertiary/aromatic N) is 6. The Kier molecular flexibility index (Phi) is 11.0. The maximum atomic E-state index is 5.31. The Morgan fingerprint density at radius 3 is 1.00 bits per heavy atom. The second-order valence-corrected chi connectivity index (χ2v) is 20.7. The van der Waals surface area contributed by atoms with Crippen molar-refractivity contribution >= 4 is 43.6 Å². The normalized spacial score (nSPS) is 11.9. The van der Waals surface area contributed by atoms with Crippen LogP contribution in [-0.2, 0) is 0 Å².